The van der Waals surface area contributed by atoms with Crippen molar-refractivity contribution in [3.05, 3.63) is 33.9 Å². The van der Waals surface area contributed by atoms with Gasteiger partial charge in [-0.3, -0.25) is 14.9 Å². The highest BCUT2D eigenvalue weighted by molar-refractivity contribution is 5.94. The lowest BCUT2D eigenvalue weighted by molar-refractivity contribution is -0.384. The number of nitrogens with zero attached hydrogens (tertiary/aromatic N) is 1. The fraction of sp³-hybridized carbons (Fsp3) is 0.462. The van der Waals surface area contributed by atoms with E-state index in [1.54, 1.807) is 0 Å². The Morgan fingerprint density at radius 3 is 2.65 bits per heavy atom. The average molecular weight is 281 g/mol. The zero-order chi connectivity index (χ0) is 15.3. The van der Waals surface area contributed by atoms with Crippen molar-refractivity contribution in [2.45, 2.75) is 26.4 Å². The molecule has 0 heterocycles. The molecule has 0 unspecified atom stereocenters. The topological polar surface area (TPSA) is 107 Å². The van der Waals surface area contributed by atoms with Gasteiger partial charge in [-0.15, -0.1) is 0 Å². The predicted octanol–water partition coefficient (Wildman–Crippen LogP) is 1.92. The lowest BCUT2D eigenvalue weighted by Crippen LogP contribution is -2.33. The van der Waals surface area contributed by atoms with Gasteiger partial charge in [0.1, 0.15) is 5.69 Å². The SMILES string of the molecule is CCOC(C)(C)CNc1ccc(C(N)=O)cc1[N+](=O)[O-]. The zero-order valence-electron chi connectivity index (χ0n) is 11.8. The van der Waals surface area contributed by atoms with E-state index in [0.29, 0.717) is 18.8 Å². The van der Waals surface area contributed by atoms with E-state index in [1.165, 1.54) is 18.2 Å². The van der Waals surface area contributed by atoms with E-state index in [4.69, 9.17) is 10.5 Å². The molecule has 0 radical (unpaired) electrons. The van der Waals surface area contributed by atoms with Crippen LogP contribution in [-0.4, -0.2) is 29.6 Å². The summed E-state index contributed by atoms with van der Waals surface area (Å²) in [5.74, 6) is -0.700. The van der Waals surface area contributed by atoms with Crippen molar-refractivity contribution in [3.8, 4) is 0 Å². The highest BCUT2D eigenvalue weighted by Crippen LogP contribution is 2.26. The van der Waals surface area contributed by atoms with Gasteiger partial charge in [0.05, 0.1) is 10.5 Å². The number of nitro benzene ring substituents is 1. The summed E-state index contributed by atoms with van der Waals surface area (Å²) in [5.41, 5.74) is 4.90. The van der Waals surface area contributed by atoms with Crippen LogP contribution in [0.1, 0.15) is 31.1 Å². The van der Waals surface area contributed by atoms with Gasteiger partial charge in [0.2, 0.25) is 5.91 Å². The van der Waals surface area contributed by atoms with Crippen molar-refractivity contribution in [1.29, 1.82) is 0 Å². The molecule has 7 nitrogen and oxygen atoms in total. The van der Waals surface area contributed by atoms with Gasteiger partial charge in [-0.1, -0.05) is 0 Å². The first-order chi connectivity index (χ1) is 9.26. The fourth-order valence-electron chi connectivity index (χ4n) is 1.74. The molecule has 0 aliphatic carbocycles. The highest BCUT2D eigenvalue weighted by Gasteiger charge is 2.21. The number of anilines is 1. The molecule has 0 aliphatic heterocycles. The van der Waals surface area contributed by atoms with Gasteiger partial charge in [0, 0.05) is 24.8 Å². The van der Waals surface area contributed by atoms with Gasteiger partial charge in [-0.2, -0.15) is 0 Å². The van der Waals surface area contributed by atoms with E-state index < -0.39 is 16.4 Å². The third kappa shape index (κ3) is 4.20. The first-order valence-corrected chi connectivity index (χ1v) is 6.23. The maximum Gasteiger partial charge on any atom is 0.293 e. The molecule has 3 N–H and O–H groups in total. The molecule has 0 saturated carbocycles. The number of rotatable bonds is 7. The van der Waals surface area contributed by atoms with Crippen molar-refractivity contribution < 1.29 is 14.5 Å². The number of carbonyl (C=O) groups is 1. The van der Waals surface area contributed by atoms with Crippen LogP contribution in [0.15, 0.2) is 18.2 Å². The number of amides is 1. The summed E-state index contributed by atoms with van der Waals surface area (Å²) in [6.07, 6.45) is 0. The summed E-state index contributed by atoms with van der Waals surface area (Å²) < 4.78 is 5.51. The lowest BCUT2D eigenvalue weighted by Gasteiger charge is -2.25. The number of nitrogens with two attached hydrogens (primary N) is 1. The Hall–Kier alpha value is -2.15. The number of ether oxygens (including phenoxy) is 1. The Labute approximate surface area is 117 Å². The summed E-state index contributed by atoms with van der Waals surface area (Å²) in [6.45, 7) is 6.60. The molecule has 0 spiro atoms. The lowest BCUT2D eigenvalue weighted by atomic mass is 10.1. The minimum atomic E-state index is -0.700. The normalized spacial score (nSPS) is 11.2. The standard InChI is InChI=1S/C13H19N3O4/c1-4-20-13(2,3)8-15-10-6-5-9(12(14)17)7-11(10)16(18)19/h5-7,15H,4,8H2,1-3H3,(H2,14,17). The van der Waals surface area contributed by atoms with Crippen LogP contribution >= 0.6 is 0 Å². The van der Waals surface area contributed by atoms with Crippen LogP contribution in [0.5, 0.6) is 0 Å². The maximum absolute atomic E-state index is 11.0. The van der Waals surface area contributed by atoms with Crippen molar-refractivity contribution in [2.75, 3.05) is 18.5 Å². The Bertz CT molecular complexity index is 514. The maximum atomic E-state index is 11.0. The third-order valence-electron chi connectivity index (χ3n) is 2.72. The molecule has 1 aromatic carbocycles. The number of primary amides is 1. The summed E-state index contributed by atoms with van der Waals surface area (Å²) in [4.78, 5) is 21.5. The molecule has 110 valence electrons. The molecule has 20 heavy (non-hydrogen) atoms. The molecular weight excluding hydrogens is 262 g/mol. The van der Waals surface area contributed by atoms with Crippen LogP contribution in [0, 0.1) is 10.1 Å². The first-order valence-electron chi connectivity index (χ1n) is 6.23. The molecule has 7 heteroatoms. The first kappa shape index (κ1) is 15.9. The molecule has 0 saturated heterocycles. The van der Waals surface area contributed by atoms with Crippen LogP contribution in [-0.2, 0) is 4.74 Å². The Balaban J connectivity index is 2.95. The van der Waals surface area contributed by atoms with E-state index in [-0.39, 0.29) is 11.3 Å². The van der Waals surface area contributed by atoms with Crippen LogP contribution < -0.4 is 11.1 Å². The fourth-order valence-corrected chi connectivity index (χ4v) is 1.74. The van der Waals surface area contributed by atoms with Crippen LogP contribution in [0.25, 0.3) is 0 Å². The highest BCUT2D eigenvalue weighted by atomic mass is 16.6. The minimum Gasteiger partial charge on any atom is -0.377 e. The largest absolute Gasteiger partial charge is 0.377 e. The predicted molar refractivity (Wildman–Crippen MR) is 75.8 cm³/mol. The summed E-state index contributed by atoms with van der Waals surface area (Å²) in [7, 11) is 0. The molecule has 1 amide bonds. The molecule has 0 bridgehead atoms. The van der Waals surface area contributed by atoms with Gasteiger partial charge in [0.25, 0.3) is 5.69 Å². The van der Waals surface area contributed by atoms with E-state index in [2.05, 4.69) is 5.32 Å². The summed E-state index contributed by atoms with van der Waals surface area (Å²) >= 11 is 0. The van der Waals surface area contributed by atoms with Crippen LogP contribution in [0.3, 0.4) is 0 Å². The molecule has 0 fully saturated rings. The van der Waals surface area contributed by atoms with Crippen LogP contribution in [0.2, 0.25) is 0 Å². The second kappa shape index (κ2) is 6.33. The number of carbonyl (C=O) groups excluding carboxylic acids is 1. The Morgan fingerprint density at radius 1 is 1.50 bits per heavy atom. The summed E-state index contributed by atoms with van der Waals surface area (Å²) in [6, 6.07) is 4.09. The molecule has 1 rings (SSSR count). The van der Waals surface area contributed by atoms with Crippen molar-refractivity contribution >= 4 is 17.3 Å². The van der Waals surface area contributed by atoms with E-state index in [1.807, 2.05) is 20.8 Å². The van der Waals surface area contributed by atoms with Crippen molar-refractivity contribution in [2.24, 2.45) is 5.73 Å². The van der Waals surface area contributed by atoms with Gasteiger partial charge in [-0.05, 0) is 32.9 Å². The zero-order valence-corrected chi connectivity index (χ0v) is 11.8. The van der Waals surface area contributed by atoms with E-state index in [0.717, 1.165) is 0 Å². The number of hydrogen-bond donors (Lipinski definition) is 2. The number of benzene rings is 1. The second-order valence-corrected chi connectivity index (χ2v) is 4.90. The number of nitro groups is 1. The molecule has 0 aliphatic rings. The quantitative estimate of drug-likeness (QED) is 0.586. The smallest absolute Gasteiger partial charge is 0.293 e. The van der Waals surface area contributed by atoms with E-state index in [9.17, 15) is 14.9 Å². The molecule has 0 atom stereocenters. The van der Waals surface area contributed by atoms with Crippen LogP contribution in [0.4, 0.5) is 11.4 Å². The van der Waals surface area contributed by atoms with Gasteiger partial charge in [-0.25, -0.2) is 0 Å². The van der Waals surface area contributed by atoms with Crippen molar-refractivity contribution in [3.63, 3.8) is 0 Å². The minimum absolute atomic E-state index is 0.103. The molecule has 0 aromatic heterocycles. The summed E-state index contributed by atoms with van der Waals surface area (Å²) in [5, 5.41) is 14.0. The molecular formula is C13H19N3O4. The van der Waals surface area contributed by atoms with Gasteiger partial charge >= 0.3 is 0 Å². The third-order valence-corrected chi connectivity index (χ3v) is 2.72. The van der Waals surface area contributed by atoms with E-state index >= 15 is 0 Å². The van der Waals surface area contributed by atoms with Crippen molar-refractivity contribution in [1.82, 2.24) is 0 Å². The number of nitrogens with one attached hydrogen (secondary N) is 1. The monoisotopic (exact) mass is 281 g/mol. The Kier molecular flexibility index (Phi) is 5.04. The average Bonchev–Trinajstić information content (AvgIpc) is 2.36. The van der Waals surface area contributed by atoms with Gasteiger partial charge in [0.15, 0.2) is 0 Å². The second-order valence-electron chi connectivity index (χ2n) is 4.90. The Morgan fingerprint density at radius 2 is 2.15 bits per heavy atom. The van der Waals surface area contributed by atoms with Gasteiger partial charge < -0.3 is 15.8 Å². The number of hydrogen-bond acceptors (Lipinski definition) is 5. The molecule has 1 aromatic rings.